The number of carbonyl (C=O) groups is 1. The molecular formula is C13H18ClN3O. The second-order valence-corrected chi connectivity index (χ2v) is 5.33. The quantitative estimate of drug-likeness (QED) is 0.915. The number of likely N-dealkylation sites (tertiary alicyclic amines) is 1. The van der Waals surface area contributed by atoms with Gasteiger partial charge in [-0.2, -0.15) is 0 Å². The lowest BCUT2D eigenvalue weighted by molar-refractivity contribution is -0.117. The van der Waals surface area contributed by atoms with Gasteiger partial charge in [-0.05, 0) is 37.4 Å². The highest BCUT2D eigenvalue weighted by Crippen LogP contribution is 2.15. The van der Waals surface area contributed by atoms with E-state index in [4.69, 9.17) is 11.6 Å². The fraction of sp³-hybridized carbons (Fsp3) is 0.538. The zero-order chi connectivity index (χ0) is 13.0. The number of hydrogen-bond donors (Lipinski definition) is 1. The van der Waals surface area contributed by atoms with Gasteiger partial charge in [0.1, 0.15) is 5.82 Å². The first kappa shape index (κ1) is 13.3. The van der Waals surface area contributed by atoms with Crippen LogP contribution in [-0.4, -0.2) is 35.4 Å². The van der Waals surface area contributed by atoms with Gasteiger partial charge in [-0.15, -0.1) is 0 Å². The van der Waals surface area contributed by atoms with E-state index in [0.29, 0.717) is 23.3 Å². The molecule has 1 aliphatic heterocycles. The molecule has 0 aliphatic carbocycles. The summed E-state index contributed by atoms with van der Waals surface area (Å²) in [5.74, 6) is 1.22. The van der Waals surface area contributed by atoms with Crippen LogP contribution in [0, 0.1) is 5.92 Å². The number of halogens is 1. The zero-order valence-corrected chi connectivity index (χ0v) is 11.3. The van der Waals surface area contributed by atoms with Crippen molar-refractivity contribution >= 4 is 23.3 Å². The van der Waals surface area contributed by atoms with Crippen LogP contribution in [0.4, 0.5) is 5.82 Å². The van der Waals surface area contributed by atoms with E-state index < -0.39 is 0 Å². The summed E-state index contributed by atoms with van der Waals surface area (Å²) in [5, 5.41) is 3.35. The summed E-state index contributed by atoms with van der Waals surface area (Å²) in [7, 11) is 0. The first-order chi connectivity index (χ1) is 8.63. The number of rotatable bonds is 3. The third kappa shape index (κ3) is 3.96. The SMILES string of the molecule is CC1CCCN(CC(=O)Nc2ccc(Cl)cn2)C1. The van der Waals surface area contributed by atoms with Gasteiger partial charge < -0.3 is 5.32 Å². The van der Waals surface area contributed by atoms with Gasteiger partial charge >= 0.3 is 0 Å². The van der Waals surface area contributed by atoms with Crippen molar-refractivity contribution in [2.24, 2.45) is 5.92 Å². The summed E-state index contributed by atoms with van der Waals surface area (Å²) in [6.07, 6.45) is 3.96. The predicted molar refractivity (Wildman–Crippen MR) is 72.7 cm³/mol. The molecule has 1 saturated heterocycles. The number of pyridine rings is 1. The molecule has 0 spiro atoms. The Labute approximate surface area is 112 Å². The van der Waals surface area contributed by atoms with Crippen LogP contribution in [0.2, 0.25) is 5.02 Å². The summed E-state index contributed by atoms with van der Waals surface area (Å²) in [6, 6.07) is 3.42. The lowest BCUT2D eigenvalue weighted by Gasteiger charge is -2.30. The molecule has 0 bridgehead atoms. The van der Waals surface area contributed by atoms with E-state index in [9.17, 15) is 4.79 Å². The minimum Gasteiger partial charge on any atom is -0.310 e. The van der Waals surface area contributed by atoms with Gasteiger partial charge in [0.05, 0.1) is 11.6 Å². The topological polar surface area (TPSA) is 45.2 Å². The molecule has 18 heavy (non-hydrogen) atoms. The Hall–Kier alpha value is -1.13. The standard InChI is InChI=1S/C13H18ClN3O/c1-10-3-2-6-17(8-10)9-13(18)16-12-5-4-11(14)7-15-12/h4-5,7,10H,2-3,6,8-9H2,1H3,(H,15,16,18). The predicted octanol–water partition coefficient (Wildman–Crippen LogP) is 2.41. The van der Waals surface area contributed by atoms with Gasteiger partial charge in [0.25, 0.3) is 0 Å². The molecular weight excluding hydrogens is 250 g/mol. The molecule has 5 heteroatoms. The maximum atomic E-state index is 11.8. The number of carbonyl (C=O) groups excluding carboxylic acids is 1. The van der Waals surface area contributed by atoms with Crippen LogP contribution in [0.15, 0.2) is 18.3 Å². The number of amides is 1. The minimum absolute atomic E-state index is 0.0149. The summed E-state index contributed by atoms with van der Waals surface area (Å²) in [6.45, 7) is 4.67. The molecule has 1 aliphatic rings. The lowest BCUT2D eigenvalue weighted by Crippen LogP contribution is -2.39. The van der Waals surface area contributed by atoms with Gasteiger partial charge in [-0.3, -0.25) is 9.69 Å². The molecule has 2 heterocycles. The number of nitrogens with zero attached hydrogens (tertiary/aromatic N) is 2. The highest BCUT2D eigenvalue weighted by molar-refractivity contribution is 6.30. The number of nitrogens with one attached hydrogen (secondary N) is 1. The summed E-state index contributed by atoms with van der Waals surface area (Å²) < 4.78 is 0. The van der Waals surface area contributed by atoms with E-state index in [1.54, 1.807) is 12.1 Å². The van der Waals surface area contributed by atoms with Crippen molar-refractivity contribution in [3.63, 3.8) is 0 Å². The first-order valence-electron chi connectivity index (χ1n) is 6.27. The maximum Gasteiger partial charge on any atom is 0.239 e. The second-order valence-electron chi connectivity index (χ2n) is 4.89. The average Bonchev–Trinajstić information content (AvgIpc) is 2.32. The highest BCUT2D eigenvalue weighted by atomic mass is 35.5. The van der Waals surface area contributed by atoms with Gasteiger partial charge in [0.15, 0.2) is 0 Å². The highest BCUT2D eigenvalue weighted by Gasteiger charge is 2.18. The largest absolute Gasteiger partial charge is 0.310 e. The molecule has 4 nitrogen and oxygen atoms in total. The molecule has 2 rings (SSSR count). The summed E-state index contributed by atoms with van der Waals surface area (Å²) >= 11 is 5.74. The molecule has 1 amide bonds. The van der Waals surface area contributed by atoms with Crippen LogP contribution in [-0.2, 0) is 4.79 Å². The zero-order valence-electron chi connectivity index (χ0n) is 10.5. The Morgan fingerprint density at radius 2 is 2.44 bits per heavy atom. The Balaban J connectivity index is 1.83. The van der Waals surface area contributed by atoms with Crippen LogP contribution in [0.25, 0.3) is 0 Å². The van der Waals surface area contributed by atoms with Crippen molar-refractivity contribution in [2.45, 2.75) is 19.8 Å². The van der Waals surface area contributed by atoms with Crippen molar-refractivity contribution in [3.8, 4) is 0 Å². The fourth-order valence-corrected chi connectivity index (χ4v) is 2.38. The minimum atomic E-state index is -0.0149. The van der Waals surface area contributed by atoms with Crippen LogP contribution in [0.5, 0.6) is 0 Å². The third-order valence-corrected chi connectivity index (χ3v) is 3.33. The molecule has 0 saturated carbocycles. The van der Waals surface area contributed by atoms with Crippen molar-refractivity contribution in [3.05, 3.63) is 23.4 Å². The Morgan fingerprint density at radius 3 is 3.11 bits per heavy atom. The van der Waals surface area contributed by atoms with E-state index in [2.05, 4.69) is 22.1 Å². The number of hydrogen-bond acceptors (Lipinski definition) is 3. The van der Waals surface area contributed by atoms with Gasteiger partial charge in [-0.25, -0.2) is 4.98 Å². The van der Waals surface area contributed by atoms with E-state index in [1.807, 2.05) is 0 Å². The van der Waals surface area contributed by atoms with Crippen LogP contribution >= 0.6 is 11.6 Å². The van der Waals surface area contributed by atoms with Crippen LogP contribution < -0.4 is 5.32 Å². The Kier molecular flexibility index (Phi) is 4.55. The molecule has 1 aromatic heterocycles. The molecule has 0 radical (unpaired) electrons. The molecule has 1 N–H and O–H groups in total. The fourth-order valence-electron chi connectivity index (χ4n) is 2.27. The average molecular weight is 268 g/mol. The first-order valence-corrected chi connectivity index (χ1v) is 6.65. The van der Waals surface area contributed by atoms with Crippen molar-refractivity contribution in [1.82, 2.24) is 9.88 Å². The smallest absolute Gasteiger partial charge is 0.239 e. The van der Waals surface area contributed by atoms with Gasteiger partial charge in [-0.1, -0.05) is 18.5 Å². The van der Waals surface area contributed by atoms with Crippen molar-refractivity contribution in [2.75, 3.05) is 25.0 Å². The molecule has 1 unspecified atom stereocenters. The Morgan fingerprint density at radius 1 is 1.61 bits per heavy atom. The maximum absolute atomic E-state index is 11.8. The van der Waals surface area contributed by atoms with Gasteiger partial charge in [0.2, 0.25) is 5.91 Å². The van der Waals surface area contributed by atoms with E-state index >= 15 is 0 Å². The van der Waals surface area contributed by atoms with Crippen LogP contribution in [0.3, 0.4) is 0 Å². The molecule has 1 atom stereocenters. The summed E-state index contributed by atoms with van der Waals surface area (Å²) in [4.78, 5) is 18.1. The Bertz CT molecular complexity index is 407. The monoisotopic (exact) mass is 267 g/mol. The summed E-state index contributed by atoms with van der Waals surface area (Å²) in [5.41, 5.74) is 0. The number of piperidine rings is 1. The second kappa shape index (κ2) is 6.16. The van der Waals surface area contributed by atoms with Gasteiger partial charge in [0, 0.05) is 12.7 Å². The van der Waals surface area contributed by atoms with E-state index in [-0.39, 0.29) is 5.91 Å². The molecule has 1 aromatic rings. The van der Waals surface area contributed by atoms with Crippen molar-refractivity contribution in [1.29, 1.82) is 0 Å². The number of anilines is 1. The molecule has 1 fully saturated rings. The molecule has 0 aromatic carbocycles. The lowest BCUT2D eigenvalue weighted by atomic mass is 10.0. The number of aromatic nitrogens is 1. The molecule has 98 valence electrons. The van der Waals surface area contributed by atoms with Crippen LogP contribution in [0.1, 0.15) is 19.8 Å². The van der Waals surface area contributed by atoms with E-state index in [0.717, 1.165) is 13.1 Å². The normalized spacial score (nSPS) is 20.7. The van der Waals surface area contributed by atoms with E-state index in [1.165, 1.54) is 19.0 Å². The van der Waals surface area contributed by atoms with Crippen molar-refractivity contribution < 1.29 is 4.79 Å². The third-order valence-electron chi connectivity index (χ3n) is 3.10.